The van der Waals surface area contributed by atoms with E-state index in [2.05, 4.69) is 0 Å². The van der Waals surface area contributed by atoms with Crippen molar-refractivity contribution in [1.82, 2.24) is 5.09 Å². The molecule has 76 valence electrons. The minimum absolute atomic E-state index is 0.0149. The minimum Gasteiger partial charge on any atom is -0.279 e. The van der Waals surface area contributed by atoms with Gasteiger partial charge in [0.2, 0.25) is 0 Å². The molecule has 0 aliphatic carbocycles. The Hall–Kier alpha value is -1.23. The van der Waals surface area contributed by atoms with Crippen LogP contribution in [0.4, 0.5) is 4.39 Å². The monoisotopic (exact) mass is 217 g/mol. The largest absolute Gasteiger partial charge is 0.300 e. The summed E-state index contributed by atoms with van der Waals surface area (Å²) >= 11 is 0. The van der Waals surface area contributed by atoms with Crippen LogP contribution in [0, 0.1) is 5.82 Å². The highest BCUT2D eigenvalue weighted by Crippen LogP contribution is 2.18. The zero-order valence-corrected chi connectivity index (χ0v) is 8.00. The fraction of sp³-hybridized carbons (Fsp3) is 0. The lowest BCUT2D eigenvalue weighted by atomic mass is 10.2. The summed E-state index contributed by atoms with van der Waals surface area (Å²) in [5.41, 5.74) is 9.85. The molecule has 0 heterocycles. The number of benzene rings is 1. The maximum atomic E-state index is 12.6. The number of amides is 1. The van der Waals surface area contributed by atoms with Gasteiger partial charge >= 0.3 is 7.59 Å². The van der Waals surface area contributed by atoms with Gasteiger partial charge in [0.05, 0.1) is 0 Å². The van der Waals surface area contributed by atoms with E-state index in [1.807, 2.05) is 5.09 Å². The molecule has 7 heteroatoms. The standard InChI is InChI=1S/C7H9FN3O2P/c8-6-3-1-2-5(4-6)7(12)11-14(9,10)13/h1-4H,(H5,9,10,11,12,13). The van der Waals surface area contributed by atoms with Crippen molar-refractivity contribution in [3.8, 4) is 0 Å². The number of halogens is 1. The van der Waals surface area contributed by atoms with E-state index >= 15 is 0 Å². The SMILES string of the molecule is NP(N)(=O)NC(=O)c1cccc(F)c1. The smallest absolute Gasteiger partial charge is 0.279 e. The third-order valence-electron chi connectivity index (χ3n) is 1.36. The van der Waals surface area contributed by atoms with Gasteiger partial charge in [-0.15, -0.1) is 0 Å². The molecule has 1 aromatic rings. The van der Waals surface area contributed by atoms with Crippen molar-refractivity contribution < 1.29 is 13.8 Å². The highest BCUT2D eigenvalue weighted by atomic mass is 31.2. The van der Waals surface area contributed by atoms with Crippen LogP contribution in [0.25, 0.3) is 0 Å². The van der Waals surface area contributed by atoms with Crippen molar-refractivity contribution in [2.75, 3.05) is 0 Å². The zero-order chi connectivity index (χ0) is 10.8. The maximum Gasteiger partial charge on any atom is 0.300 e. The second-order valence-corrected chi connectivity index (χ2v) is 4.30. The van der Waals surface area contributed by atoms with E-state index in [0.717, 1.165) is 6.07 Å². The zero-order valence-electron chi connectivity index (χ0n) is 7.11. The molecule has 0 fully saturated rings. The average Bonchev–Trinajstić information content (AvgIpc) is 2.01. The number of nitrogens with one attached hydrogen (secondary N) is 1. The van der Waals surface area contributed by atoms with Crippen LogP contribution in [0.2, 0.25) is 0 Å². The molecule has 5 nitrogen and oxygen atoms in total. The molecule has 14 heavy (non-hydrogen) atoms. The quantitative estimate of drug-likeness (QED) is 0.631. The number of carbonyl (C=O) groups is 1. The highest BCUT2D eigenvalue weighted by Gasteiger charge is 2.14. The Balaban J connectivity index is 2.86. The van der Waals surface area contributed by atoms with Crippen LogP contribution < -0.4 is 16.1 Å². The molecular weight excluding hydrogens is 208 g/mol. The Kier molecular flexibility index (Phi) is 3.00. The van der Waals surface area contributed by atoms with Crippen LogP contribution in [0.1, 0.15) is 10.4 Å². The first-order chi connectivity index (χ1) is 6.38. The van der Waals surface area contributed by atoms with Gasteiger partial charge in [0.25, 0.3) is 5.91 Å². The van der Waals surface area contributed by atoms with E-state index in [0.29, 0.717) is 0 Å². The Morgan fingerprint density at radius 1 is 1.43 bits per heavy atom. The van der Waals surface area contributed by atoms with E-state index in [9.17, 15) is 13.8 Å². The van der Waals surface area contributed by atoms with Crippen molar-refractivity contribution in [2.45, 2.75) is 0 Å². The third-order valence-corrected chi connectivity index (χ3v) is 1.92. The van der Waals surface area contributed by atoms with Crippen LogP contribution in [-0.2, 0) is 4.57 Å². The van der Waals surface area contributed by atoms with Gasteiger partial charge in [0.1, 0.15) is 5.82 Å². The lowest BCUT2D eigenvalue weighted by molar-refractivity contribution is 0.0980. The molecule has 1 rings (SSSR count). The number of nitrogens with two attached hydrogens (primary N) is 2. The Morgan fingerprint density at radius 2 is 2.07 bits per heavy atom. The van der Waals surface area contributed by atoms with Gasteiger partial charge in [-0.1, -0.05) is 6.07 Å². The first-order valence-corrected chi connectivity index (χ1v) is 5.48. The number of hydrogen-bond donors (Lipinski definition) is 3. The van der Waals surface area contributed by atoms with E-state index in [1.165, 1.54) is 18.2 Å². The second kappa shape index (κ2) is 3.88. The van der Waals surface area contributed by atoms with E-state index in [1.54, 1.807) is 0 Å². The Labute approximate surface area is 79.8 Å². The topological polar surface area (TPSA) is 98.2 Å². The van der Waals surface area contributed by atoms with Gasteiger partial charge in [-0.2, -0.15) is 0 Å². The third kappa shape index (κ3) is 3.26. The average molecular weight is 217 g/mol. The predicted octanol–water partition coefficient (Wildman–Crippen LogP) is 0.581. The normalized spacial score (nSPS) is 11.1. The Morgan fingerprint density at radius 3 is 2.57 bits per heavy atom. The lowest BCUT2D eigenvalue weighted by Crippen LogP contribution is -2.28. The molecular formula is C7H9FN3O2P. The second-order valence-electron chi connectivity index (χ2n) is 2.66. The summed E-state index contributed by atoms with van der Waals surface area (Å²) in [6.07, 6.45) is 0. The van der Waals surface area contributed by atoms with E-state index < -0.39 is 19.3 Å². The van der Waals surface area contributed by atoms with Crippen molar-refractivity contribution in [3.05, 3.63) is 35.6 Å². The summed E-state index contributed by atoms with van der Waals surface area (Å²) in [7, 11) is -3.62. The minimum atomic E-state index is -3.62. The van der Waals surface area contributed by atoms with Gasteiger partial charge < -0.3 is 0 Å². The van der Waals surface area contributed by atoms with Crippen LogP contribution in [0.5, 0.6) is 0 Å². The fourth-order valence-electron chi connectivity index (χ4n) is 0.853. The molecule has 1 aromatic carbocycles. The van der Waals surface area contributed by atoms with Crippen LogP contribution >= 0.6 is 7.59 Å². The molecule has 5 N–H and O–H groups in total. The number of hydrogen-bond acceptors (Lipinski definition) is 2. The summed E-state index contributed by atoms with van der Waals surface area (Å²) in [5.74, 6) is -1.33. The molecule has 0 aliphatic heterocycles. The molecule has 0 aromatic heterocycles. The molecule has 0 atom stereocenters. The van der Waals surface area contributed by atoms with E-state index in [-0.39, 0.29) is 5.56 Å². The molecule has 0 unspecified atom stereocenters. The van der Waals surface area contributed by atoms with Crippen LogP contribution in [0.15, 0.2) is 24.3 Å². The molecule has 0 saturated carbocycles. The highest BCUT2D eigenvalue weighted by molar-refractivity contribution is 7.57. The van der Waals surface area contributed by atoms with Gasteiger partial charge in [-0.05, 0) is 18.2 Å². The first-order valence-electron chi connectivity index (χ1n) is 3.64. The summed E-state index contributed by atoms with van der Waals surface area (Å²) < 4.78 is 23.5. The van der Waals surface area contributed by atoms with Gasteiger partial charge in [-0.3, -0.25) is 25.5 Å². The van der Waals surface area contributed by atoms with Gasteiger partial charge in [-0.25, -0.2) is 4.39 Å². The molecule has 0 aliphatic rings. The Bertz CT molecular complexity index is 404. The first kappa shape index (κ1) is 10.8. The van der Waals surface area contributed by atoms with Gasteiger partial charge in [0, 0.05) is 5.56 Å². The number of carbonyl (C=O) groups excluding carboxylic acids is 1. The van der Waals surface area contributed by atoms with Crippen molar-refractivity contribution in [2.24, 2.45) is 11.0 Å². The van der Waals surface area contributed by atoms with Crippen molar-refractivity contribution in [1.29, 1.82) is 0 Å². The van der Waals surface area contributed by atoms with E-state index in [4.69, 9.17) is 11.0 Å². The van der Waals surface area contributed by atoms with Gasteiger partial charge in [0.15, 0.2) is 0 Å². The molecule has 0 spiro atoms. The van der Waals surface area contributed by atoms with Crippen molar-refractivity contribution in [3.63, 3.8) is 0 Å². The summed E-state index contributed by atoms with van der Waals surface area (Å²) in [6, 6.07) is 4.88. The molecule has 0 radical (unpaired) electrons. The maximum absolute atomic E-state index is 12.6. The molecule has 0 saturated heterocycles. The fourth-order valence-corrected chi connectivity index (χ4v) is 1.30. The van der Waals surface area contributed by atoms with Crippen molar-refractivity contribution >= 4 is 13.5 Å². The van der Waals surface area contributed by atoms with Crippen LogP contribution in [0.3, 0.4) is 0 Å². The number of rotatable bonds is 2. The molecule has 0 bridgehead atoms. The lowest BCUT2D eigenvalue weighted by Gasteiger charge is -2.08. The molecule has 1 amide bonds. The summed E-state index contributed by atoms with van der Waals surface area (Å²) in [4.78, 5) is 11.2. The predicted molar refractivity (Wildman–Crippen MR) is 49.8 cm³/mol. The van der Waals surface area contributed by atoms with Crippen LogP contribution in [-0.4, -0.2) is 5.91 Å². The summed E-state index contributed by atoms with van der Waals surface area (Å²) in [5, 5.41) is 1.87. The summed E-state index contributed by atoms with van der Waals surface area (Å²) in [6.45, 7) is 0.